The summed E-state index contributed by atoms with van der Waals surface area (Å²) in [5.41, 5.74) is 3.49. The molecule has 224 valence electrons. The van der Waals surface area contributed by atoms with Crippen LogP contribution in [-0.2, 0) is 23.0 Å². The molecule has 0 radical (unpaired) electrons. The van der Waals surface area contributed by atoms with Crippen molar-refractivity contribution in [3.05, 3.63) is 77.6 Å². The van der Waals surface area contributed by atoms with Crippen LogP contribution in [0.2, 0.25) is 0 Å². The first-order valence-electron chi connectivity index (χ1n) is 14.8. The van der Waals surface area contributed by atoms with Crippen LogP contribution < -0.4 is 10.2 Å². The van der Waals surface area contributed by atoms with Gasteiger partial charge in [-0.05, 0) is 75.4 Å². The molecular formula is C31H39FN6O3S. The molecule has 3 aliphatic rings. The van der Waals surface area contributed by atoms with Gasteiger partial charge < -0.3 is 9.88 Å². The molecule has 42 heavy (non-hydrogen) atoms. The lowest BCUT2D eigenvalue weighted by atomic mass is 9.96. The number of nitrogens with zero attached hydrogens (tertiary/aromatic N) is 5. The van der Waals surface area contributed by atoms with E-state index in [0.29, 0.717) is 49.9 Å². The van der Waals surface area contributed by atoms with Gasteiger partial charge in [-0.3, -0.25) is 9.80 Å². The number of anilines is 2. The van der Waals surface area contributed by atoms with Gasteiger partial charge in [-0.25, -0.2) is 22.6 Å². The fraction of sp³-hybridized carbons (Fsp3) is 0.484. The van der Waals surface area contributed by atoms with Crippen LogP contribution in [0.5, 0.6) is 0 Å². The quantitative estimate of drug-likeness (QED) is 0.399. The second kappa shape index (κ2) is 11.8. The van der Waals surface area contributed by atoms with Gasteiger partial charge in [0.2, 0.25) is 10.0 Å². The van der Waals surface area contributed by atoms with Gasteiger partial charge in [-0.15, -0.1) is 0 Å². The highest BCUT2D eigenvalue weighted by Gasteiger charge is 2.42. The molecule has 4 heterocycles. The number of urea groups is 1. The number of sulfonamides is 1. The second-order valence-corrected chi connectivity index (χ2v) is 13.8. The molecule has 2 atom stereocenters. The number of nitrogens with one attached hydrogen (secondary N) is 1. The topological polar surface area (TPSA) is 90.8 Å². The van der Waals surface area contributed by atoms with Crippen molar-refractivity contribution in [3.63, 3.8) is 0 Å². The molecule has 0 aliphatic carbocycles. The standard InChI is InChI=1S/C31H39FN6O3S/c1-22-33-29-21-35(42(2,40)41)18-15-30(29)38(22)28-19-26-13-14-27(20-28)36(26)16-6-17-37(25-7-4-3-5-8-25)31(39)34-24-11-9-23(32)10-12-24/h3-5,7-12,26-28H,6,13-21H2,1-2H3,(H,34,39)/t26-,27-/m1/s1. The summed E-state index contributed by atoms with van der Waals surface area (Å²) in [5, 5.41) is 2.91. The maximum absolute atomic E-state index is 13.4. The zero-order valence-corrected chi connectivity index (χ0v) is 25.1. The van der Waals surface area contributed by atoms with Gasteiger partial charge in [0.15, 0.2) is 0 Å². The van der Waals surface area contributed by atoms with Crippen molar-refractivity contribution < 1.29 is 17.6 Å². The fourth-order valence-corrected chi connectivity index (χ4v) is 7.98. The summed E-state index contributed by atoms with van der Waals surface area (Å²) in [7, 11) is -3.23. The number of carbonyl (C=O) groups is 1. The molecule has 2 amide bonds. The van der Waals surface area contributed by atoms with E-state index in [-0.39, 0.29) is 11.8 Å². The van der Waals surface area contributed by atoms with E-state index in [1.807, 2.05) is 37.3 Å². The maximum Gasteiger partial charge on any atom is 0.326 e. The fourth-order valence-electron chi connectivity index (χ4n) is 7.20. The van der Waals surface area contributed by atoms with Gasteiger partial charge in [0.1, 0.15) is 11.6 Å². The molecule has 9 nitrogen and oxygen atoms in total. The Balaban J connectivity index is 1.10. The lowest BCUT2D eigenvalue weighted by molar-refractivity contribution is 0.104. The molecule has 0 unspecified atom stereocenters. The number of benzene rings is 2. The summed E-state index contributed by atoms with van der Waals surface area (Å²) in [4.78, 5) is 22.5. The minimum atomic E-state index is -3.23. The Bertz CT molecular complexity index is 1510. The first-order chi connectivity index (χ1) is 20.2. The molecule has 6 rings (SSSR count). The van der Waals surface area contributed by atoms with E-state index >= 15 is 0 Å². The summed E-state index contributed by atoms with van der Waals surface area (Å²) in [5.74, 6) is 0.645. The minimum absolute atomic E-state index is 0.232. The number of imidazole rings is 1. The number of amides is 2. The number of halogens is 1. The van der Waals surface area contributed by atoms with E-state index in [1.165, 1.54) is 41.2 Å². The van der Waals surface area contributed by atoms with Crippen LogP contribution in [0.1, 0.15) is 55.4 Å². The zero-order chi connectivity index (χ0) is 29.4. The predicted octanol–water partition coefficient (Wildman–Crippen LogP) is 4.95. The van der Waals surface area contributed by atoms with Gasteiger partial charge in [-0.2, -0.15) is 4.31 Å². The molecule has 2 fully saturated rings. The molecule has 0 saturated carbocycles. The number of para-hydroxylation sites is 1. The Hall–Kier alpha value is -3.28. The number of rotatable bonds is 8. The molecule has 1 N–H and O–H groups in total. The second-order valence-electron chi connectivity index (χ2n) is 11.8. The van der Waals surface area contributed by atoms with Crippen molar-refractivity contribution in [2.45, 2.75) is 70.1 Å². The first kappa shape index (κ1) is 28.8. The number of hydrogen-bond donors (Lipinski definition) is 1. The largest absolute Gasteiger partial charge is 0.329 e. The summed E-state index contributed by atoms with van der Waals surface area (Å²) in [6.45, 7) is 4.41. The number of fused-ring (bicyclic) bond motifs is 3. The van der Waals surface area contributed by atoms with Crippen molar-refractivity contribution >= 4 is 27.4 Å². The molecule has 0 spiro atoms. The Labute approximate surface area is 247 Å². The molecule has 2 saturated heterocycles. The zero-order valence-electron chi connectivity index (χ0n) is 24.2. The smallest absolute Gasteiger partial charge is 0.326 e. The van der Waals surface area contributed by atoms with Gasteiger partial charge in [-0.1, -0.05) is 18.2 Å². The third kappa shape index (κ3) is 5.95. The Kier molecular flexibility index (Phi) is 8.08. The van der Waals surface area contributed by atoms with Crippen LogP contribution in [0.3, 0.4) is 0 Å². The van der Waals surface area contributed by atoms with Crippen molar-refractivity contribution in [2.24, 2.45) is 0 Å². The summed E-state index contributed by atoms with van der Waals surface area (Å²) >= 11 is 0. The van der Waals surface area contributed by atoms with E-state index < -0.39 is 10.0 Å². The van der Waals surface area contributed by atoms with E-state index in [1.54, 1.807) is 17.0 Å². The highest BCUT2D eigenvalue weighted by atomic mass is 32.2. The summed E-state index contributed by atoms with van der Waals surface area (Å²) in [6.07, 6.45) is 7.27. The van der Waals surface area contributed by atoms with Crippen LogP contribution >= 0.6 is 0 Å². The summed E-state index contributed by atoms with van der Waals surface area (Å²) < 4.78 is 41.5. The van der Waals surface area contributed by atoms with Crippen LogP contribution in [0.25, 0.3) is 0 Å². The molecule has 3 aromatic rings. The first-order valence-corrected chi connectivity index (χ1v) is 16.7. The van der Waals surface area contributed by atoms with Crippen molar-refractivity contribution in [1.29, 1.82) is 0 Å². The third-order valence-electron chi connectivity index (χ3n) is 9.09. The van der Waals surface area contributed by atoms with Gasteiger partial charge in [0.25, 0.3) is 0 Å². The van der Waals surface area contributed by atoms with Crippen molar-refractivity contribution in [3.8, 4) is 0 Å². The highest BCUT2D eigenvalue weighted by Crippen LogP contribution is 2.42. The SMILES string of the molecule is Cc1nc2c(n1C1C[C@H]3CC[C@H](C1)N3CCCN(C(=O)Nc1ccc(F)cc1)c1ccccc1)CCN(S(C)(=O)=O)C2. The molecule has 2 bridgehead atoms. The summed E-state index contributed by atoms with van der Waals surface area (Å²) in [6, 6.07) is 16.6. The maximum atomic E-state index is 13.4. The van der Waals surface area contributed by atoms with E-state index in [4.69, 9.17) is 4.98 Å². The molecule has 2 aromatic carbocycles. The van der Waals surface area contributed by atoms with Crippen LogP contribution in [0.15, 0.2) is 54.6 Å². The molecule has 1 aromatic heterocycles. The number of carbonyl (C=O) groups excluding carboxylic acids is 1. The Morgan fingerprint density at radius 3 is 2.40 bits per heavy atom. The number of hydrogen-bond acceptors (Lipinski definition) is 5. The van der Waals surface area contributed by atoms with E-state index in [9.17, 15) is 17.6 Å². The van der Waals surface area contributed by atoms with Gasteiger partial charge in [0, 0.05) is 61.2 Å². The van der Waals surface area contributed by atoms with Gasteiger partial charge >= 0.3 is 6.03 Å². The molecular weight excluding hydrogens is 555 g/mol. The van der Waals surface area contributed by atoms with Gasteiger partial charge in [0.05, 0.1) is 18.5 Å². The molecule has 11 heteroatoms. The Morgan fingerprint density at radius 1 is 1.05 bits per heavy atom. The number of piperidine rings is 1. The molecule has 3 aliphatic heterocycles. The highest BCUT2D eigenvalue weighted by molar-refractivity contribution is 7.88. The average Bonchev–Trinajstić information content (AvgIpc) is 3.41. The van der Waals surface area contributed by atoms with Crippen LogP contribution in [-0.4, -0.2) is 71.2 Å². The number of aryl methyl sites for hydroxylation is 1. The average molecular weight is 595 g/mol. The Morgan fingerprint density at radius 2 is 1.74 bits per heavy atom. The van der Waals surface area contributed by atoms with E-state index in [2.05, 4.69) is 14.8 Å². The lowest BCUT2D eigenvalue weighted by Crippen LogP contribution is -2.45. The van der Waals surface area contributed by atoms with Crippen LogP contribution in [0.4, 0.5) is 20.6 Å². The van der Waals surface area contributed by atoms with Crippen molar-refractivity contribution in [2.75, 3.05) is 36.1 Å². The third-order valence-corrected chi connectivity index (χ3v) is 10.3. The minimum Gasteiger partial charge on any atom is -0.329 e. The predicted molar refractivity (Wildman–Crippen MR) is 162 cm³/mol. The van der Waals surface area contributed by atoms with Crippen molar-refractivity contribution in [1.82, 2.24) is 18.8 Å². The normalized spacial score (nSPS) is 22.6. The number of aromatic nitrogens is 2. The lowest BCUT2D eigenvalue weighted by Gasteiger charge is -2.41. The van der Waals surface area contributed by atoms with E-state index in [0.717, 1.165) is 43.0 Å². The monoisotopic (exact) mass is 594 g/mol. The van der Waals surface area contributed by atoms with Crippen LogP contribution in [0, 0.1) is 12.7 Å².